The van der Waals surface area contributed by atoms with Crippen molar-refractivity contribution in [1.29, 1.82) is 0 Å². The molecule has 1 heterocycles. The minimum absolute atomic E-state index is 0.0543. The number of aryl methyl sites for hydroxylation is 1. The summed E-state index contributed by atoms with van der Waals surface area (Å²) in [5.74, 6) is 0.235. The summed E-state index contributed by atoms with van der Waals surface area (Å²) in [7, 11) is -3.91. The van der Waals surface area contributed by atoms with Gasteiger partial charge in [-0.3, -0.25) is 0 Å². The number of hydrogen-bond donors (Lipinski definition) is 1. The first-order valence-corrected chi connectivity index (χ1v) is 13.1. The molecule has 1 atom stereocenters. The minimum atomic E-state index is -3.91. The van der Waals surface area contributed by atoms with Crippen LogP contribution in [0.4, 0.5) is 0 Å². The Balaban J connectivity index is 2.19. The zero-order chi connectivity index (χ0) is 21.6. The molecule has 4 nitrogen and oxygen atoms in total. The molecule has 3 aromatic rings. The van der Waals surface area contributed by atoms with Crippen LogP contribution in [0.1, 0.15) is 43.6 Å². The van der Waals surface area contributed by atoms with Crippen molar-refractivity contribution in [3.63, 3.8) is 0 Å². The van der Waals surface area contributed by atoms with Crippen molar-refractivity contribution in [3.05, 3.63) is 93.7 Å². The summed E-state index contributed by atoms with van der Waals surface area (Å²) in [5, 5.41) is 11.1. The van der Waals surface area contributed by atoms with E-state index in [1.54, 1.807) is 36.4 Å². The Hall–Kier alpha value is -2.11. The Kier molecular flexibility index (Phi) is 7.73. The molecule has 6 heteroatoms. The molecular weight excluding hydrogens is 463 g/mol. The van der Waals surface area contributed by atoms with Gasteiger partial charge in [0.05, 0.1) is 0 Å². The summed E-state index contributed by atoms with van der Waals surface area (Å²) in [6, 6.07) is 19.9. The second kappa shape index (κ2) is 10.3. The first-order chi connectivity index (χ1) is 14.4. The fourth-order valence-corrected chi connectivity index (χ4v) is 7.70. The van der Waals surface area contributed by atoms with Gasteiger partial charge in [-0.25, -0.2) is 0 Å². The Morgan fingerprint density at radius 2 is 1.73 bits per heavy atom. The Labute approximate surface area is 184 Å². The van der Waals surface area contributed by atoms with Crippen LogP contribution in [0.2, 0.25) is 0 Å². The molecule has 3 rings (SSSR count). The standard InChI is InChI=1S/C24H26O4SSe/c1-3-4-12-22(30-20-9-6-5-7-10-20)24(23(25)21-11-8-17-28-21)29(26,27)19-15-13-18(2)14-16-19/h5-11,13-17,23,25H,3-4,12H2,1-2H3/b24-22-. The van der Waals surface area contributed by atoms with E-state index in [0.717, 1.165) is 27.3 Å². The fourth-order valence-electron chi connectivity index (χ4n) is 3.06. The number of furan rings is 1. The predicted molar refractivity (Wildman–Crippen MR) is 120 cm³/mol. The number of benzene rings is 2. The van der Waals surface area contributed by atoms with Gasteiger partial charge in [0, 0.05) is 0 Å². The summed E-state index contributed by atoms with van der Waals surface area (Å²) in [5.41, 5.74) is 0.978. The molecular formula is C24H26O4SSe. The SMILES string of the molecule is CCCC/C([Se]c1ccccc1)=C(\C(O)c1ccco1)S(=O)(=O)c1ccc(C)cc1. The van der Waals surface area contributed by atoms with Gasteiger partial charge < -0.3 is 0 Å². The molecule has 0 amide bonds. The maximum absolute atomic E-state index is 13.7. The number of rotatable bonds is 9. The van der Waals surface area contributed by atoms with Gasteiger partial charge in [0.2, 0.25) is 0 Å². The van der Waals surface area contributed by atoms with Gasteiger partial charge in [-0.1, -0.05) is 0 Å². The number of aliphatic hydroxyl groups is 1. The zero-order valence-corrected chi connectivity index (χ0v) is 19.6. The van der Waals surface area contributed by atoms with E-state index >= 15 is 0 Å². The number of hydrogen-bond acceptors (Lipinski definition) is 4. The Bertz CT molecular complexity index is 1070. The van der Waals surface area contributed by atoms with Crippen LogP contribution in [0.3, 0.4) is 0 Å². The van der Waals surface area contributed by atoms with Crippen LogP contribution in [-0.4, -0.2) is 28.5 Å². The van der Waals surface area contributed by atoms with Crippen molar-refractivity contribution in [2.45, 2.75) is 44.1 Å². The molecule has 0 bridgehead atoms. The summed E-state index contributed by atoms with van der Waals surface area (Å²) < 4.78 is 34.7. The van der Waals surface area contributed by atoms with E-state index in [9.17, 15) is 13.5 Å². The van der Waals surface area contributed by atoms with Gasteiger partial charge in [0.1, 0.15) is 0 Å². The van der Waals surface area contributed by atoms with Gasteiger partial charge in [-0.15, -0.1) is 0 Å². The molecule has 2 aromatic carbocycles. The quantitative estimate of drug-likeness (QED) is 0.449. The predicted octanol–water partition coefficient (Wildman–Crippen LogP) is 4.53. The van der Waals surface area contributed by atoms with E-state index in [-0.39, 0.29) is 30.5 Å². The monoisotopic (exact) mass is 490 g/mol. The van der Waals surface area contributed by atoms with Crippen LogP contribution >= 0.6 is 0 Å². The van der Waals surface area contributed by atoms with Gasteiger partial charge in [0.25, 0.3) is 0 Å². The van der Waals surface area contributed by atoms with Crippen molar-refractivity contribution in [3.8, 4) is 0 Å². The summed E-state index contributed by atoms with van der Waals surface area (Å²) in [6.45, 7) is 3.99. The van der Waals surface area contributed by atoms with Crippen molar-refractivity contribution in [1.82, 2.24) is 0 Å². The van der Waals surface area contributed by atoms with E-state index in [1.807, 2.05) is 37.3 Å². The van der Waals surface area contributed by atoms with E-state index in [0.29, 0.717) is 6.42 Å². The molecule has 30 heavy (non-hydrogen) atoms. The van der Waals surface area contributed by atoms with Gasteiger partial charge >= 0.3 is 185 Å². The molecule has 1 aromatic heterocycles. The van der Waals surface area contributed by atoms with Gasteiger partial charge in [-0.2, -0.15) is 0 Å². The van der Waals surface area contributed by atoms with Crippen molar-refractivity contribution < 1.29 is 17.9 Å². The second-order valence-electron chi connectivity index (χ2n) is 7.04. The maximum atomic E-state index is 13.7. The summed E-state index contributed by atoms with van der Waals surface area (Å²) in [4.78, 5) is 0.241. The number of aliphatic hydroxyl groups excluding tert-OH is 1. The Morgan fingerprint density at radius 3 is 2.33 bits per heavy atom. The molecule has 0 saturated carbocycles. The number of sulfone groups is 1. The molecule has 0 saturated heterocycles. The first kappa shape index (κ1) is 22.6. The van der Waals surface area contributed by atoms with Crippen LogP contribution in [0.5, 0.6) is 0 Å². The number of unbranched alkanes of at least 4 members (excludes halogenated alkanes) is 1. The van der Waals surface area contributed by atoms with Crippen LogP contribution in [0.25, 0.3) is 0 Å². The third-order valence-electron chi connectivity index (χ3n) is 4.70. The summed E-state index contributed by atoms with van der Waals surface area (Å²) >= 11 is -0.239. The molecule has 0 fully saturated rings. The molecule has 1 N–H and O–H groups in total. The average molecular weight is 489 g/mol. The van der Waals surface area contributed by atoms with E-state index in [2.05, 4.69) is 6.92 Å². The Morgan fingerprint density at radius 1 is 1.03 bits per heavy atom. The topological polar surface area (TPSA) is 67.5 Å². The van der Waals surface area contributed by atoms with E-state index < -0.39 is 15.9 Å². The van der Waals surface area contributed by atoms with Crippen LogP contribution < -0.4 is 4.46 Å². The van der Waals surface area contributed by atoms with Gasteiger partial charge in [-0.05, 0) is 0 Å². The molecule has 0 aliphatic heterocycles. The van der Waals surface area contributed by atoms with Crippen LogP contribution in [0.15, 0.2) is 91.7 Å². The average Bonchev–Trinajstić information content (AvgIpc) is 3.28. The first-order valence-electron chi connectivity index (χ1n) is 9.92. The molecule has 158 valence electrons. The summed E-state index contributed by atoms with van der Waals surface area (Å²) in [6.07, 6.45) is 2.50. The van der Waals surface area contributed by atoms with Gasteiger partial charge in [0.15, 0.2) is 0 Å². The van der Waals surface area contributed by atoms with Crippen LogP contribution in [0, 0.1) is 6.92 Å². The molecule has 1 unspecified atom stereocenters. The molecule has 0 aliphatic rings. The molecule has 0 spiro atoms. The zero-order valence-electron chi connectivity index (χ0n) is 17.1. The third kappa shape index (κ3) is 5.32. The van der Waals surface area contributed by atoms with E-state index in [1.165, 1.54) is 6.26 Å². The normalized spacial score (nSPS) is 13.7. The van der Waals surface area contributed by atoms with Crippen molar-refractivity contribution in [2.75, 3.05) is 0 Å². The third-order valence-corrected chi connectivity index (χ3v) is 9.40. The molecule has 0 aliphatic carbocycles. The van der Waals surface area contributed by atoms with Crippen molar-refractivity contribution >= 4 is 29.3 Å². The van der Waals surface area contributed by atoms with Crippen molar-refractivity contribution in [2.24, 2.45) is 0 Å². The second-order valence-corrected chi connectivity index (χ2v) is 11.4. The van der Waals surface area contributed by atoms with Crippen LogP contribution in [-0.2, 0) is 9.84 Å². The fraction of sp³-hybridized carbons (Fsp3) is 0.250. The molecule has 0 radical (unpaired) electrons. The number of allylic oxidation sites excluding steroid dienone is 1. The van der Waals surface area contributed by atoms with E-state index in [4.69, 9.17) is 4.42 Å².